The van der Waals surface area contributed by atoms with Crippen LogP contribution in [0.2, 0.25) is 0 Å². The minimum Gasteiger partial charge on any atom is -0.352 e. The van der Waals surface area contributed by atoms with Crippen molar-refractivity contribution in [2.75, 3.05) is 69.6 Å². The molecule has 2 saturated heterocycles. The van der Waals surface area contributed by atoms with Gasteiger partial charge in [-0.05, 0) is 37.1 Å². The zero-order chi connectivity index (χ0) is 32.3. The average Bonchev–Trinajstić information content (AvgIpc) is 3.88. The number of hydrogen-bond donors (Lipinski definition) is 0. The molecule has 244 valence electrons. The molecule has 0 unspecified atom stereocenters. The van der Waals surface area contributed by atoms with Gasteiger partial charge < -0.3 is 9.80 Å². The molecule has 3 aromatic rings. The van der Waals surface area contributed by atoms with Crippen molar-refractivity contribution in [1.29, 1.82) is 0 Å². The van der Waals surface area contributed by atoms with Crippen LogP contribution in [0.3, 0.4) is 0 Å². The Hall–Kier alpha value is -3.49. The highest BCUT2D eigenvalue weighted by Crippen LogP contribution is 2.50. The molecule has 46 heavy (non-hydrogen) atoms. The van der Waals surface area contributed by atoms with Gasteiger partial charge in [0.15, 0.2) is 0 Å². The van der Waals surface area contributed by atoms with Crippen molar-refractivity contribution in [3.05, 3.63) is 64.6 Å². The summed E-state index contributed by atoms with van der Waals surface area (Å²) in [6, 6.07) is 3.74. The van der Waals surface area contributed by atoms with Gasteiger partial charge in [-0.25, -0.2) is 13.6 Å². The van der Waals surface area contributed by atoms with Crippen LogP contribution in [0.4, 0.5) is 27.8 Å². The van der Waals surface area contributed by atoms with Crippen LogP contribution in [0.15, 0.2) is 46.6 Å². The lowest BCUT2D eigenvalue weighted by Gasteiger charge is -2.39. The number of alkyl halides is 3. The number of aromatic nitrogens is 2. The van der Waals surface area contributed by atoms with Gasteiger partial charge in [0.1, 0.15) is 17.5 Å². The largest absolute Gasteiger partial charge is 0.417 e. The van der Waals surface area contributed by atoms with Gasteiger partial charge in [0.25, 0.3) is 0 Å². The monoisotopic (exact) mass is 660 g/mol. The minimum atomic E-state index is -4.90. The van der Waals surface area contributed by atoms with Gasteiger partial charge in [-0.2, -0.15) is 18.2 Å². The van der Waals surface area contributed by atoms with Crippen LogP contribution in [-0.4, -0.2) is 101 Å². The summed E-state index contributed by atoms with van der Waals surface area (Å²) in [6.07, 6.45) is -1.25. The lowest BCUT2D eigenvalue weighted by molar-refractivity contribution is -0.137. The van der Waals surface area contributed by atoms with Crippen LogP contribution in [0.1, 0.15) is 24.4 Å². The second-order valence-electron chi connectivity index (χ2n) is 12.3. The van der Waals surface area contributed by atoms with E-state index in [-0.39, 0.29) is 71.1 Å². The molecule has 0 bridgehead atoms. The summed E-state index contributed by atoms with van der Waals surface area (Å²) in [5, 5.41) is 0.132. The number of thioether (sulfide) groups is 1. The fourth-order valence-electron chi connectivity index (χ4n) is 6.97. The SMILES string of the molecule is C=CC(=O)N1CCN(c2nc(=O)n3c4c(c(-c5ccc(F)cc5F)c(C(F)(F)F)cc24)SC[C@@H]3CN2CCN(C3CC3)CC2)CC1. The van der Waals surface area contributed by atoms with Crippen LogP contribution in [-0.2, 0) is 11.0 Å². The third-order valence-electron chi connectivity index (χ3n) is 9.44. The lowest BCUT2D eigenvalue weighted by atomic mass is 9.95. The van der Waals surface area contributed by atoms with E-state index in [0.717, 1.165) is 56.1 Å². The van der Waals surface area contributed by atoms with E-state index < -0.39 is 34.6 Å². The third-order valence-corrected chi connectivity index (χ3v) is 10.7. The second kappa shape index (κ2) is 11.9. The Morgan fingerprint density at radius 3 is 2.37 bits per heavy atom. The topological polar surface area (TPSA) is 64.9 Å². The highest BCUT2D eigenvalue weighted by molar-refractivity contribution is 7.99. The van der Waals surface area contributed by atoms with E-state index in [9.17, 15) is 27.2 Å². The molecule has 3 fully saturated rings. The Bertz CT molecular complexity index is 1760. The summed E-state index contributed by atoms with van der Waals surface area (Å²) in [5.74, 6) is -1.91. The summed E-state index contributed by atoms with van der Waals surface area (Å²) < 4.78 is 75.2. The van der Waals surface area contributed by atoms with E-state index in [0.29, 0.717) is 18.7 Å². The van der Waals surface area contributed by atoms with Gasteiger partial charge >= 0.3 is 11.9 Å². The van der Waals surface area contributed by atoms with Gasteiger partial charge in [0.2, 0.25) is 5.91 Å². The smallest absolute Gasteiger partial charge is 0.352 e. The van der Waals surface area contributed by atoms with Crippen LogP contribution in [0.25, 0.3) is 22.0 Å². The average molecular weight is 661 g/mol. The summed E-state index contributed by atoms with van der Waals surface area (Å²) in [4.78, 5) is 38.7. The fraction of sp³-hybridized carbons (Fsp3) is 0.469. The summed E-state index contributed by atoms with van der Waals surface area (Å²) in [5.41, 5.74) is -2.21. The quantitative estimate of drug-likeness (QED) is 0.283. The zero-order valence-corrected chi connectivity index (χ0v) is 25.8. The summed E-state index contributed by atoms with van der Waals surface area (Å²) in [6.45, 7) is 8.57. The number of anilines is 1. The Kier molecular flexibility index (Phi) is 8.08. The number of benzene rings is 2. The Morgan fingerprint density at radius 1 is 1.02 bits per heavy atom. The summed E-state index contributed by atoms with van der Waals surface area (Å²) >= 11 is 1.16. The first-order chi connectivity index (χ1) is 22.0. The minimum absolute atomic E-state index is 0.0964. The molecule has 1 amide bonds. The van der Waals surface area contributed by atoms with Crippen molar-refractivity contribution in [2.45, 2.75) is 36.0 Å². The normalized spacial score (nSPS) is 21.2. The first-order valence-electron chi connectivity index (χ1n) is 15.4. The van der Waals surface area contributed by atoms with Crippen LogP contribution in [0, 0.1) is 11.6 Å². The lowest BCUT2D eigenvalue weighted by Crippen LogP contribution is -2.50. The molecule has 1 aromatic heterocycles. The molecule has 1 aliphatic carbocycles. The second-order valence-corrected chi connectivity index (χ2v) is 13.3. The zero-order valence-electron chi connectivity index (χ0n) is 25.0. The van der Waals surface area contributed by atoms with E-state index in [1.165, 1.54) is 23.5 Å². The number of hydrogen-bond acceptors (Lipinski definition) is 7. The highest BCUT2D eigenvalue weighted by atomic mass is 32.2. The number of rotatable bonds is 6. The Morgan fingerprint density at radius 2 is 1.74 bits per heavy atom. The van der Waals surface area contributed by atoms with Gasteiger partial charge in [0, 0.05) is 98.2 Å². The molecule has 0 N–H and O–H groups in total. The first-order valence-corrected chi connectivity index (χ1v) is 16.4. The predicted molar refractivity (Wildman–Crippen MR) is 166 cm³/mol. The van der Waals surface area contributed by atoms with Crippen molar-refractivity contribution in [3.8, 4) is 11.1 Å². The molecule has 8 nitrogen and oxygen atoms in total. The van der Waals surface area contributed by atoms with Crippen LogP contribution >= 0.6 is 11.8 Å². The highest BCUT2D eigenvalue weighted by Gasteiger charge is 2.41. The van der Waals surface area contributed by atoms with Gasteiger partial charge in [-0.15, -0.1) is 11.8 Å². The van der Waals surface area contributed by atoms with E-state index >= 15 is 4.39 Å². The van der Waals surface area contributed by atoms with Gasteiger partial charge in [-0.1, -0.05) is 6.58 Å². The van der Waals surface area contributed by atoms with Gasteiger partial charge in [-0.3, -0.25) is 19.2 Å². The molecule has 2 aromatic carbocycles. The van der Waals surface area contributed by atoms with Crippen molar-refractivity contribution < 1.29 is 26.7 Å². The predicted octanol–water partition coefficient (Wildman–Crippen LogP) is 4.62. The van der Waals surface area contributed by atoms with Crippen molar-refractivity contribution in [3.63, 3.8) is 0 Å². The van der Waals surface area contributed by atoms with E-state index in [4.69, 9.17) is 0 Å². The van der Waals surface area contributed by atoms with Crippen LogP contribution in [0.5, 0.6) is 0 Å². The molecular weight excluding hydrogens is 627 g/mol. The molecular formula is C32H33F5N6O2S. The van der Waals surface area contributed by atoms with Crippen molar-refractivity contribution in [2.24, 2.45) is 0 Å². The maximum atomic E-state index is 15.2. The Balaban J connectivity index is 1.38. The first kappa shape index (κ1) is 31.1. The molecule has 4 heterocycles. The van der Waals surface area contributed by atoms with E-state index in [1.54, 1.807) is 9.80 Å². The van der Waals surface area contributed by atoms with Crippen LogP contribution < -0.4 is 10.6 Å². The molecule has 0 spiro atoms. The van der Waals surface area contributed by atoms with E-state index in [2.05, 4.69) is 21.4 Å². The number of nitrogens with zero attached hydrogens (tertiary/aromatic N) is 6. The molecule has 7 rings (SSSR count). The molecule has 3 aliphatic heterocycles. The molecule has 4 aliphatic rings. The Labute approximate surface area is 266 Å². The number of halogens is 5. The molecule has 1 saturated carbocycles. The third kappa shape index (κ3) is 5.68. The maximum Gasteiger partial charge on any atom is 0.417 e. The fourth-order valence-corrected chi connectivity index (χ4v) is 8.29. The molecule has 14 heteroatoms. The maximum absolute atomic E-state index is 15.2. The number of piperazine rings is 2. The molecule has 1 atom stereocenters. The van der Waals surface area contributed by atoms with Crippen molar-refractivity contribution >= 4 is 34.4 Å². The standard InChI is InChI=1S/C32H33F5N6O2S/c1-2-26(44)41-11-13-42(14-12-41)30-23-16-24(32(35,36)37)27(22-6-3-19(33)15-25(22)34)29-28(23)43(31(45)38-30)21(18-46-29)17-39-7-9-40(10-8-39)20-4-5-20/h2-3,6,15-16,20-21H,1,4-5,7-14,17-18H2/t21-/m0/s1. The van der Waals surface area contributed by atoms with Gasteiger partial charge in [0.05, 0.1) is 17.1 Å². The van der Waals surface area contributed by atoms with Crippen molar-refractivity contribution in [1.82, 2.24) is 24.3 Å². The number of amides is 1. The number of carbonyl (C=O) groups is 1. The van der Waals surface area contributed by atoms with E-state index in [1.807, 2.05) is 0 Å². The molecule has 0 radical (unpaired) electrons. The summed E-state index contributed by atoms with van der Waals surface area (Å²) in [7, 11) is 0. The number of carbonyl (C=O) groups excluding carboxylic acids is 1.